The number of hydrogen-bond acceptors (Lipinski definition) is 2. The van der Waals surface area contributed by atoms with E-state index in [1.54, 1.807) is 0 Å². The predicted molar refractivity (Wildman–Crippen MR) is 73.3 cm³/mol. The van der Waals surface area contributed by atoms with Crippen molar-refractivity contribution in [1.29, 1.82) is 0 Å². The molecular weight excluding hydrogens is 238 g/mol. The van der Waals surface area contributed by atoms with Gasteiger partial charge < -0.3 is 5.32 Å². The lowest BCUT2D eigenvalue weighted by Crippen LogP contribution is -2.31. The fourth-order valence-corrected chi connectivity index (χ4v) is 3.66. The highest BCUT2D eigenvalue weighted by Crippen LogP contribution is 2.29. The normalized spacial score (nSPS) is 26.9. The van der Waals surface area contributed by atoms with Crippen LogP contribution in [0.25, 0.3) is 0 Å². The average molecular weight is 256 g/mol. The number of thioether (sulfide) groups is 1. The molecule has 3 atom stereocenters. The highest BCUT2D eigenvalue weighted by molar-refractivity contribution is 8.00. The zero-order valence-corrected chi connectivity index (χ0v) is 11.3. The maximum atomic E-state index is 6.19. The van der Waals surface area contributed by atoms with Crippen molar-refractivity contribution in [2.45, 2.75) is 37.6 Å². The second-order valence-electron chi connectivity index (χ2n) is 4.49. The molecule has 0 aliphatic carbocycles. The summed E-state index contributed by atoms with van der Waals surface area (Å²) in [4.78, 5) is 0. The lowest BCUT2D eigenvalue weighted by atomic mass is 10.1. The number of nitrogens with one attached hydrogen (secondary N) is 1. The second kappa shape index (κ2) is 5.44. The third-order valence-corrected chi connectivity index (χ3v) is 4.76. The molecule has 1 N–H and O–H groups in total. The van der Waals surface area contributed by atoms with Gasteiger partial charge in [-0.2, -0.15) is 11.8 Å². The fourth-order valence-electron chi connectivity index (χ4n) is 2.20. The van der Waals surface area contributed by atoms with Crippen molar-refractivity contribution in [3.63, 3.8) is 0 Å². The minimum absolute atomic E-state index is 0.338. The van der Waals surface area contributed by atoms with Crippen LogP contribution in [0.4, 0.5) is 0 Å². The highest BCUT2D eigenvalue weighted by atomic mass is 35.5. The average Bonchev–Trinajstić information content (AvgIpc) is 2.64. The van der Waals surface area contributed by atoms with Gasteiger partial charge in [0.25, 0.3) is 0 Å². The summed E-state index contributed by atoms with van der Waals surface area (Å²) in [7, 11) is 0. The van der Waals surface area contributed by atoms with Crippen LogP contribution in [0.5, 0.6) is 0 Å². The smallest absolute Gasteiger partial charge is 0.0453 e. The minimum atomic E-state index is 0.338. The maximum Gasteiger partial charge on any atom is 0.0453 e. The number of hydrogen-bond donors (Lipinski definition) is 1. The van der Waals surface area contributed by atoms with Gasteiger partial charge in [0.15, 0.2) is 0 Å². The van der Waals surface area contributed by atoms with E-state index in [0.29, 0.717) is 12.1 Å². The first kappa shape index (κ1) is 12.3. The molecule has 1 aliphatic heterocycles. The molecule has 88 valence electrons. The molecular formula is C13H18ClNS. The van der Waals surface area contributed by atoms with Crippen LogP contribution in [0.15, 0.2) is 24.3 Å². The summed E-state index contributed by atoms with van der Waals surface area (Å²) in [6.45, 7) is 4.49. The zero-order chi connectivity index (χ0) is 11.5. The Bertz CT molecular complexity index is 356. The summed E-state index contributed by atoms with van der Waals surface area (Å²) in [5, 5.41) is 5.31. The van der Waals surface area contributed by atoms with E-state index in [-0.39, 0.29) is 0 Å². The Hall–Kier alpha value is -0.180. The van der Waals surface area contributed by atoms with E-state index in [4.69, 9.17) is 11.6 Å². The van der Waals surface area contributed by atoms with Crippen LogP contribution < -0.4 is 5.32 Å². The Morgan fingerprint density at radius 1 is 1.44 bits per heavy atom. The molecule has 0 amide bonds. The van der Waals surface area contributed by atoms with Gasteiger partial charge in [0.1, 0.15) is 0 Å². The Balaban J connectivity index is 1.98. The third-order valence-electron chi connectivity index (χ3n) is 3.06. The molecule has 0 saturated carbocycles. The van der Waals surface area contributed by atoms with Gasteiger partial charge in [0, 0.05) is 28.1 Å². The zero-order valence-electron chi connectivity index (χ0n) is 9.74. The molecule has 0 aromatic heterocycles. The van der Waals surface area contributed by atoms with Gasteiger partial charge in [-0.1, -0.05) is 36.7 Å². The van der Waals surface area contributed by atoms with E-state index >= 15 is 0 Å². The first-order chi connectivity index (χ1) is 7.66. The number of halogens is 1. The molecule has 1 aromatic carbocycles. The van der Waals surface area contributed by atoms with Crippen molar-refractivity contribution in [2.75, 3.05) is 5.75 Å². The molecule has 1 heterocycles. The molecule has 1 aliphatic rings. The standard InChI is InChI=1S/C13H18ClNS/c1-9-7-11(8-16-9)15-10(2)12-5-3-4-6-13(12)14/h3-6,9-11,15H,7-8H2,1-2H3. The van der Waals surface area contributed by atoms with Gasteiger partial charge in [-0.3, -0.25) is 0 Å². The molecule has 0 bridgehead atoms. The third kappa shape index (κ3) is 2.93. The SMILES string of the molecule is CC1CC(NC(C)c2ccccc2Cl)CS1. The molecule has 1 saturated heterocycles. The Morgan fingerprint density at radius 2 is 2.19 bits per heavy atom. The molecule has 16 heavy (non-hydrogen) atoms. The van der Waals surface area contributed by atoms with Crippen LogP contribution in [-0.2, 0) is 0 Å². The lowest BCUT2D eigenvalue weighted by molar-refractivity contribution is 0.474. The second-order valence-corrected chi connectivity index (χ2v) is 6.37. The first-order valence-electron chi connectivity index (χ1n) is 5.79. The molecule has 3 unspecified atom stereocenters. The fraction of sp³-hybridized carbons (Fsp3) is 0.538. The minimum Gasteiger partial charge on any atom is -0.307 e. The summed E-state index contributed by atoms with van der Waals surface area (Å²) in [6, 6.07) is 9.06. The summed E-state index contributed by atoms with van der Waals surface area (Å²) in [6.07, 6.45) is 1.26. The van der Waals surface area contributed by atoms with Gasteiger partial charge >= 0.3 is 0 Å². The van der Waals surface area contributed by atoms with Crippen molar-refractivity contribution in [2.24, 2.45) is 0 Å². The van der Waals surface area contributed by atoms with Crippen molar-refractivity contribution < 1.29 is 0 Å². The van der Waals surface area contributed by atoms with Crippen molar-refractivity contribution in [3.8, 4) is 0 Å². The highest BCUT2D eigenvalue weighted by Gasteiger charge is 2.23. The van der Waals surface area contributed by atoms with Crippen LogP contribution in [-0.4, -0.2) is 17.0 Å². The monoisotopic (exact) mass is 255 g/mol. The van der Waals surface area contributed by atoms with Crippen LogP contribution in [0.2, 0.25) is 5.02 Å². The van der Waals surface area contributed by atoms with E-state index in [1.165, 1.54) is 17.7 Å². The quantitative estimate of drug-likeness (QED) is 0.880. The van der Waals surface area contributed by atoms with Gasteiger partial charge in [-0.15, -0.1) is 0 Å². The van der Waals surface area contributed by atoms with Crippen LogP contribution >= 0.6 is 23.4 Å². The van der Waals surface area contributed by atoms with Crippen LogP contribution in [0, 0.1) is 0 Å². The molecule has 2 rings (SSSR count). The predicted octanol–water partition coefficient (Wildman–Crippen LogP) is 3.88. The van der Waals surface area contributed by atoms with Crippen molar-refractivity contribution in [1.82, 2.24) is 5.32 Å². The number of benzene rings is 1. The summed E-state index contributed by atoms with van der Waals surface area (Å²) in [5.74, 6) is 1.22. The molecule has 0 spiro atoms. The lowest BCUT2D eigenvalue weighted by Gasteiger charge is -2.20. The molecule has 1 nitrogen and oxygen atoms in total. The Morgan fingerprint density at radius 3 is 2.81 bits per heavy atom. The van der Waals surface area contributed by atoms with E-state index in [0.717, 1.165) is 10.3 Å². The maximum absolute atomic E-state index is 6.19. The molecule has 0 radical (unpaired) electrons. The molecule has 3 heteroatoms. The van der Waals surface area contributed by atoms with Crippen molar-refractivity contribution in [3.05, 3.63) is 34.9 Å². The number of rotatable bonds is 3. The van der Waals surface area contributed by atoms with Crippen LogP contribution in [0.1, 0.15) is 31.9 Å². The summed E-state index contributed by atoms with van der Waals surface area (Å²) < 4.78 is 0. The largest absolute Gasteiger partial charge is 0.307 e. The Labute approximate surface area is 107 Å². The first-order valence-corrected chi connectivity index (χ1v) is 7.21. The molecule has 1 fully saturated rings. The topological polar surface area (TPSA) is 12.0 Å². The van der Waals surface area contributed by atoms with Crippen LogP contribution in [0.3, 0.4) is 0 Å². The van der Waals surface area contributed by atoms with Gasteiger partial charge in [-0.05, 0) is 25.0 Å². The van der Waals surface area contributed by atoms with Gasteiger partial charge in [-0.25, -0.2) is 0 Å². The van der Waals surface area contributed by atoms with E-state index in [2.05, 4.69) is 37.0 Å². The summed E-state index contributed by atoms with van der Waals surface area (Å²) >= 11 is 8.24. The Kier molecular flexibility index (Phi) is 4.17. The van der Waals surface area contributed by atoms with Crippen molar-refractivity contribution >= 4 is 23.4 Å². The van der Waals surface area contributed by atoms with Gasteiger partial charge in [0.2, 0.25) is 0 Å². The van der Waals surface area contributed by atoms with Gasteiger partial charge in [0.05, 0.1) is 0 Å². The van der Waals surface area contributed by atoms with E-state index in [9.17, 15) is 0 Å². The summed E-state index contributed by atoms with van der Waals surface area (Å²) in [5.41, 5.74) is 1.20. The van der Waals surface area contributed by atoms with E-state index in [1.807, 2.05) is 18.2 Å². The molecule has 1 aromatic rings. The van der Waals surface area contributed by atoms with E-state index < -0.39 is 0 Å².